The van der Waals surface area contributed by atoms with Crippen molar-refractivity contribution < 1.29 is 4.79 Å². The minimum atomic E-state index is -0.139. The Kier molecular flexibility index (Phi) is 4.11. The van der Waals surface area contributed by atoms with Crippen molar-refractivity contribution in [1.29, 1.82) is 0 Å². The number of amides is 1. The lowest BCUT2D eigenvalue weighted by molar-refractivity contribution is -0.121. The molecule has 1 aromatic rings. The van der Waals surface area contributed by atoms with Crippen LogP contribution in [0.25, 0.3) is 0 Å². The van der Waals surface area contributed by atoms with E-state index in [9.17, 15) is 4.79 Å². The number of hydrazine groups is 1. The Hall–Kier alpha value is -1.43. The molecule has 3 unspecified atom stereocenters. The third-order valence-electron chi connectivity index (χ3n) is 6.49. The number of piperidine rings is 1. The molecule has 3 aliphatic heterocycles. The zero-order valence-electron chi connectivity index (χ0n) is 14.6. The van der Waals surface area contributed by atoms with E-state index in [-0.39, 0.29) is 17.4 Å². The van der Waals surface area contributed by atoms with Gasteiger partial charge in [-0.1, -0.05) is 32.0 Å². The first-order valence-corrected chi connectivity index (χ1v) is 9.33. The molecule has 0 aromatic heterocycles. The fourth-order valence-corrected chi connectivity index (χ4v) is 4.81. The second-order valence-corrected chi connectivity index (χ2v) is 7.46. The van der Waals surface area contributed by atoms with Crippen molar-refractivity contribution in [2.75, 3.05) is 24.5 Å². The van der Waals surface area contributed by atoms with Crippen LogP contribution in [0.15, 0.2) is 24.3 Å². The maximum absolute atomic E-state index is 13.4. The van der Waals surface area contributed by atoms with Crippen LogP contribution in [0.4, 0.5) is 5.69 Å². The van der Waals surface area contributed by atoms with Crippen LogP contribution >= 0.6 is 0 Å². The van der Waals surface area contributed by atoms with Gasteiger partial charge in [0.1, 0.15) is 6.04 Å². The van der Waals surface area contributed by atoms with Crippen LogP contribution in [0.3, 0.4) is 0 Å². The van der Waals surface area contributed by atoms with Crippen LogP contribution in [-0.2, 0) is 10.2 Å². The summed E-state index contributed by atoms with van der Waals surface area (Å²) >= 11 is 0. The summed E-state index contributed by atoms with van der Waals surface area (Å²) in [6.45, 7) is 7.22. The van der Waals surface area contributed by atoms with Crippen LogP contribution in [0, 0.1) is 5.92 Å². The highest BCUT2D eigenvalue weighted by Gasteiger charge is 2.47. The summed E-state index contributed by atoms with van der Waals surface area (Å²) in [6.07, 6.45) is 3.20. The van der Waals surface area contributed by atoms with E-state index in [4.69, 9.17) is 0 Å². The topological polar surface area (TPSA) is 56.4 Å². The van der Waals surface area contributed by atoms with Gasteiger partial charge in [-0.2, -0.15) is 0 Å². The van der Waals surface area contributed by atoms with Crippen LogP contribution in [0.5, 0.6) is 0 Å². The molecule has 3 aliphatic rings. The Morgan fingerprint density at radius 3 is 2.83 bits per heavy atom. The fourth-order valence-electron chi connectivity index (χ4n) is 4.81. The third kappa shape index (κ3) is 2.30. The molecular weight excluding hydrogens is 300 g/mol. The average Bonchev–Trinajstić information content (AvgIpc) is 3.21. The molecule has 0 saturated carbocycles. The zero-order chi connectivity index (χ0) is 16.7. The lowest BCUT2D eigenvalue weighted by atomic mass is 9.78. The van der Waals surface area contributed by atoms with E-state index in [1.54, 1.807) is 0 Å². The van der Waals surface area contributed by atoms with Gasteiger partial charge in [0.05, 0.1) is 0 Å². The Bertz CT molecular complexity index is 628. The minimum Gasteiger partial charge on any atom is -0.316 e. The maximum Gasteiger partial charge on any atom is 0.245 e. The maximum atomic E-state index is 13.4. The summed E-state index contributed by atoms with van der Waals surface area (Å²) in [6, 6.07) is 8.73. The molecule has 5 heteroatoms. The zero-order valence-corrected chi connectivity index (χ0v) is 14.6. The predicted octanol–water partition coefficient (Wildman–Crippen LogP) is 1.55. The molecule has 0 bridgehead atoms. The normalized spacial score (nSPS) is 30.9. The van der Waals surface area contributed by atoms with Crippen molar-refractivity contribution in [1.82, 2.24) is 16.2 Å². The molecule has 0 aliphatic carbocycles. The highest BCUT2D eigenvalue weighted by atomic mass is 16.2. The number of fused-ring (bicyclic) bond motifs is 2. The van der Waals surface area contributed by atoms with E-state index in [2.05, 4.69) is 48.2 Å². The second-order valence-electron chi connectivity index (χ2n) is 7.46. The quantitative estimate of drug-likeness (QED) is 0.788. The molecule has 0 spiro atoms. The standard InChI is InChI=1S/C19H28N4O/c1-3-19(4-2)12-23(16-8-6-5-7-14(16)19)18(24)17-13-11-20-10-9-15(13)21-22-17/h5-8,13,15,17,20-22H,3-4,9-12H2,1-2H3. The van der Waals surface area contributed by atoms with Crippen LogP contribution in [-0.4, -0.2) is 37.6 Å². The first-order valence-electron chi connectivity index (χ1n) is 9.33. The molecule has 3 atom stereocenters. The molecule has 24 heavy (non-hydrogen) atoms. The summed E-state index contributed by atoms with van der Waals surface area (Å²) in [5.41, 5.74) is 9.19. The summed E-state index contributed by atoms with van der Waals surface area (Å²) in [5, 5.41) is 3.44. The molecule has 1 aromatic carbocycles. The number of hydrogen-bond acceptors (Lipinski definition) is 4. The number of anilines is 1. The first kappa shape index (κ1) is 16.1. The van der Waals surface area contributed by atoms with Gasteiger partial charge >= 0.3 is 0 Å². The number of benzene rings is 1. The Balaban J connectivity index is 1.64. The van der Waals surface area contributed by atoms with Gasteiger partial charge in [0.25, 0.3) is 0 Å². The molecule has 5 nitrogen and oxygen atoms in total. The van der Waals surface area contributed by atoms with E-state index < -0.39 is 0 Å². The van der Waals surface area contributed by atoms with Crippen molar-refractivity contribution in [3.63, 3.8) is 0 Å². The van der Waals surface area contributed by atoms with Crippen molar-refractivity contribution in [2.24, 2.45) is 5.92 Å². The lowest BCUT2D eigenvalue weighted by Gasteiger charge is -2.31. The van der Waals surface area contributed by atoms with Gasteiger partial charge in [0, 0.05) is 36.2 Å². The van der Waals surface area contributed by atoms with E-state index >= 15 is 0 Å². The summed E-state index contributed by atoms with van der Waals surface area (Å²) in [7, 11) is 0. The van der Waals surface area contributed by atoms with Crippen LogP contribution in [0.1, 0.15) is 38.7 Å². The molecule has 2 saturated heterocycles. The van der Waals surface area contributed by atoms with E-state index in [0.29, 0.717) is 12.0 Å². The van der Waals surface area contributed by atoms with Gasteiger partial charge in [-0.05, 0) is 37.4 Å². The van der Waals surface area contributed by atoms with Gasteiger partial charge < -0.3 is 10.2 Å². The van der Waals surface area contributed by atoms with Gasteiger partial charge in [-0.25, -0.2) is 5.43 Å². The summed E-state index contributed by atoms with van der Waals surface area (Å²) < 4.78 is 0. The largest absolute Gasteiger partial charge is 0.316 e. The van der Waals surface area contributed by atoms with Crippen LogP contribution in [0.2, 0.25) is 0 Å². The summed E-state index contributed by atoms with van der Waals surface area (Å²) in [5.74, 6) is 0.548. The Morgan fingerprint density at radius 2 is 2.04 bits per heavy atom. The number of nitrogens with one attached hydrogen (secondary N) is 3. The number of nitrogens with zero attached hydrogens (tertiary/aromatic N) is 1. The summed E-state index contributed by atoms with van der Waals surface area (Å²) in [4.78, 5) is 15.4. The number of rotatable bonds is 3. The Labute approximate surface area is 144 Å². The smallest absolute Gasteiger partial charge is 0.245 e. The molecule has 130 valence electrons. The van der Waals surface area contributed by atoms with Crippen molar-refractivity contribution >= 4 is 11.6 Å². The second kappa shape index (κ2) is 6.14. The van der Waals surface area contributed by atoms with Crippen molar-refractivity contribution in [2.45, 2.75) is 50.6 Å². The monoisotopic (exact) mass is 328 g/mol. The molecule has 3 heterocycles. The van der Waals surface area contributed by atoms with Gasteiger partial charge in [-0.3, -0.25) is 10.2 Å². The first-order chi connectivity index (χ1) is 11.7. The Morgan fingerprint density at radius 1 is 1.25 bits per heavy atom. The molecule has 2 fully saturated rings. The van der Waals surface area contributed by atoms with Crippen molar-refractivity contribution in [3.8, 4) is 0 Å². The number of carbonyl (C=O) groups excluding carboxylic acids is 1. The van der Waals surface area contributed by atoms with E-state index in [0.717, 1.165) is 44.6 Å². The van der Waals surface area contributed by atoms with Gasteiger partial charge in [0.2, 0.25) is 5.91 Å². The van der Waals surface area contributed by atoms with E-state index in [1.807, 2.05) is 11.0 Å². The number of hydrogen-bond donors (Lipinski definition) is 3. The SMILES string of the molecule is CCC1(CC)CN(C(=O)C2NNC3CCNCC32)c2ccccc21. The minimum absolute atomic E-state index is 0.0997. The average molecular weight is 328 g/mol. The molecular formula is C19H28N4O. The highest BCUT2D eigenvalue weighted by Crippen LogP contribution is 2.45. The molecule has 4 rings (SSSR count). The molecule has 0 radical (unpaired) electrons. The van der Waals surface area contributed by atoms with Gasteiger partial charge in [-0.15, -0.1) is 0 Å². The van der Waals surface area contributed by atoms with E-state index in [1.165, 1.54) is 5.56 Å². The predicted molar refractivity (Wildman–Crippen MR) is 95.9 cm³/mol. The third-order valence-corrected chi connectivity index (χ3v) is 6.49. The number of para-hydroxylation sites is 1. The molecule has 1 amide bonds. The van der Waals surface area contributed by atoms with Crippen LogP contribution < -0.4 is 21.1 Å². The highest BCUT2D eigenvalue weighted by molar-refractivity contribution is 6.00. The lowest BCUT2D eigenvalue weighted by Crippen LogP contribution is -2.51. The number of carbonyl (C=O) groups is 1. The van der Waals surface area contributed by atoms with Crippen molar-refractivity contribution in [3.05, 3.63) is 29.8 Å². The van der Waals surface area contributed by atoms with Gasteiger partial charge in [0.15, 0.2) is 0 Å². The fraction of sp³-hybridized carbons (Fsp3) is 0.632. The molecule has 3 N–H and O–H groups in total.